The predicted octanol–water partition coefficient (Wildman–Crippen LogP) is 15.4. The molecule has 3 unspecified atom stereocenters. The third-order valence-electron chi connectivity index (χ3n) is 9.80. The molecule has 0 amide bonds. The summed E-state index contributed by atoms with van der Waals surface area (Å²) in [5, 5.41) is 0. The molecule has 242 valence electrons. The average molecular weight is 563 g/mol. The van der Waals surface area contributed by atoms with Crippen LogP contribution in [-0.4, -0.2) is 0 Å². The van der Waals surface area contributed by atoms with Gasteiger partial charge in [-0.15, -0.1) is 0 Å². The van der Waals surface area contributed by atoms with Gasteiger partial charge in [0.2, 0.25) is 0 Å². The summed E-state index contributed by atoms with van der Waals surface area (Å²) in [6.07, 6.45) is 47.0. The summed E-state index contributed by atoms with van der Waals surface area (Å²) in [5.41, 5.74) is 0. The zero-order valence-electron chi connectivity index (χ0n) is 29.4. The molecule has 0 spiro atoms. The molecule has 0 aromatic carbocycles. The maximum atomic E-state index is 2.53. The third-order valence-corrected chi connectivity index (χ3v) is 9.80. The van der Waals surface area contributed by atoms with Crippen LogP contribution in [0.25, 0.3) is 0 Å². The van der Waals surface area contributed by atoms with Gasteiger partial charge in [-0.2, -0.15) is 0 Å². The molecular formula is C40H82. The van der Waals surface area contributed by atoms with E-state index < -0.39 is 0 Å². The highest BCUT2D eigenvalue weighted by Gasteiger charge is 2.10. The van der Waals surface area contributed by atoms with Crippen LogP contribution in [0.4, 0.5) is 0 Å². The standard InChI is InChI=1S/C40H82/c1-6-8-10-12-14-16-18-20-21-23-25-27-29-31-34-39(4)37-40(5)36-32-35-38(3)33-30-28-26-24-22-19-17-15-13-11-9-7-2/h38-40H,6-37H2,1-5H3. The van der Waals surface area contributed by atoms with Crippen LogP contribution in [0.3, 0.4) is 0 Å². The largest absolute Gasteiger partial charge is 0.0654 e. The normalized spacial score (nSPS) is 14.0. The Labute approximate surface area is 257 Å². The Morgan fingerprint density at radius 3 is 0.800 bits per heavy atom. The lowest BCUT2D eigenvalue weighted by molar-refractivity contribution is 0.344. The van der Waals surface area contributed by atoms with Gasteiger partial charge >= 0.3 is 0 Å². The number of unbranched alkanes of at least 4 members (excludes halogenated alkanes) is 24. The van der Waals surface area contributed by atoms with Crippen molar-refractivity contribution >= 4 is 0 Å². The average Bonchev–Trinajstić information content (AvgIpc) is 2.93. The maximum Gasteiger partial charge on any atom is -0.0440 e. The maximum absolute atomic E-state index is 2.53. The van der Waals surface area contributed by atoms with Crippen LogP contribution in [0.2, 0.25) is 0 Å². The lowest BCUT2D eigenvalue weighted by Gasteiger charge is -2.18. The summed E-state index contributed by atoms with van der Waals surface area (Å²) < 4.78 is 0. The Morgan fingerprint density at radius 1 is 0.250 bits per heavy atom. The van der Waals surface area contributed by atoms with Crippen molar-refractivity contribution in [3.05, 3.63) is 0 Å². The highest BCUT2D eigenvalue weighted by Crippen LogP contribution is 2.25. The van der Waals surface area contributed by atoms with Crippen molar-refractivity contribution in [2.45, 2.75) is 240 Å². The predicted molar refractivity (Wildman–Crippen MR) is 187 cm³/mol. The molecule has 0 aromatic heterocycles. The fourth-order valence-electron chi connectivity index (χ4n) is 6.90. The molecule has 0 nitrogen and oxygen atoms in total. The van der Waals surface area contributed by atoms with E-state index in [2.05, 4.69) is 34.6 Å². The van der Waals surface area contributed by atoms with E-state index >= 15 is 0 Å². The van der Waals surface area contributed by atoms with Crippen molar-refractivity contribution < 1.29 is 0 Å². The van der Waals surface area contributed by atoms with E-state index in [1.54, 1.807) is 0 Å². The van der Waals surface area contributed by atoms with Gasteiger partial charge in [-0.25, -0.2) is 0 Å². The fraction of sp³-hybridized carbons (Fsp3) is 1.00. The SMILES string of the molecule is CCCCCCCCCCCCCCCCC(C)CC(C)CCCC(C)CCCCCCCCCCCCCC. The van der Waals surface area contributed by atoms with Crippen LogP contribution in [0.5, 0.6) is 0 Å². The van der Waals surface area contributed by atoms with Crippen molar-refractivity contribution in [2.24, 2.45) is 17.8 Å². The van der Waals surface area contributed by atoms with Gasteiger partial charge in [-0.1, -0.05) is 234 Å². The number of hydrogen-bond donors (Lipinski definition) is 0. The zero-order chi connectivity index (χ0) is 29.4. The van der Waals surface area contributed by atoms with E-state index in [9.17, 15) is 0 Å². The molecule has 0 saturated heterocycles. The molecule has 0 rings (SSSR count). The summed E-state index contributed by atoms with van der Waals surface area (Å²) in [4.78, 5) is 0. The second kappa shape index (κ2) is 33.5. The molecule has 0 N–H and O–H groups in total. The zero-order valence-corrected chi connectivity index (χ0v) is 29.4. The Kier molecular flexibility index (Phi) is 33.5. The van der Waals surface area contributed by atoms with Crippen LogP contribution in [-0.2, 0) is 0 Å². The fourth-order valence-corrected chi connectivity index (χ4v) is 6.90. The smallest absolute Gasteiger partial charge is 0.0440 e. The van der Waals surface area contributed by atoms with Crippen molar-refractivity contribution in [2.75, 3.05) is 0 Å². The molecule has 0 saturated carbocycles. The van der Waals surface area contributed by atoms with E-state index in [1.807, 2.05) is 0 Å². The molecule has 0 bridgehead atoms. The molecule has 0 radical (unpaired) electrons. The van der Waals surface area contributed by atoms with Gasteiger partial charge in [-0.3, -0.25) is 0 Å². The summed E-state index contributed by atoms with van der Waals surface area (Å²) in [7, 11) is 0. The monoisotopic (exact) mass is 563 g/mol. The summed E-state index contributed by atoms with van der Waals surface area (Å²) in [6, 6.07) is 0. The first-order valence-electron chi connectivity index (χ1n) is 19.6. The van der Waals surface area contributed by atoms with Crippen molar-refractivity contribution in [1.82, 2.24) is 0 Å². The molecule has 0 heterocycles. The lowest BCUT2D eigenvalue weighted by Crippen LogP contribution is -2.04. The molecule has 0 heteroatoms. The van der Waals surface area contributed by atoms with Crippen LogP contribution in [0, 0.1) is 17.8 Å². The van der Waals surface area contributed by atoms with Gasteiger partial charge in [0.25, 0.3) is 0 Å². The second-order valence-corrected chi connectivity index (χ2v) is 14.5. The molecule has 0 aromatic rings. The van der Waals surface area contributed by atoms with Crippen molar-refractivity contribution in [1.29, 1.82) is 0 Å². The third kappa shape index (κ3) is 32.5. The molecule has 0 aliphatic rings. The first-order chi connectivity index (χ1) is 19.6. The van der Waals surface area contributed by atoms with Crippen molar-refractivity contribution in [3.8, 4) is 0 Å². The first-order valence-corrected chi connectivity index (χ1v) is 19.6. The number of hydrogen-bond acceptors (Lipinski definition) is 0. The first kappa shape index (κ1) is 40.0. The quantitative estimate of drug-likeness (QED) is 0.0684. The Balaban J connectivity index is 3.38. The molecule has 3 atom stereocenters. The van der Waals surface area contributed by atoms with E-state index in [0.717, 1.165) is 17.8 Å². The Bertz CT molecular complexity index is 439. The van der Waals surface area contributed by atoms with Gasteiger partial charge in [0.15, 0.2) is 0 Å². The molecule has 40 heavy (non-hydrogen) atoms. The minimum Gasteiger partial charge on any atom is -0.0654 e. The van der Waals surface area contributed by atoms with Crippen molar-refractivity contribution in [3.63, 3.8) is 0 Å². The summed E-state index contributed by atoms with van der Waals surface area (Å²) in [6.45, 7) is 12.2. The van der Waals surface area contributed by atoms with Gasteiger partial charge in [0.05, 0.1) is 0 Å². The van der Waals surface area contributed by atoms with Gasteiger partial charge in [0, 0.05) is 0 Å². The summed E-state index contributed by atoms with van der Waals surface area (Å²) in [5.74, 6) is 2.81. The van der Waals surface area contributed by atoms with E-state index in [0.29, 0.717) is 0 Å². The van der Waals surface area contributed by atoms with Crippen LogP contribution in [0.1, 0.15) is 240 Å². The van der Waals surface area contributed by atoms with E-state index in [4.69, 9.17) is 0 Å². The number of rotatable bonds is 34. The van der Waals surface area contributed by atoms with Crippen LogP contribution in [0.15, 0.2) is 0 Å². The van der Waals surface area contributed by atoms with Gasteiger partial charge in [-0.05, 0) is 24.2 Å². The Hall–Kier alpha value is 0. The van der Waals surface area contributed by atoms with Gasteiger partial charge in [0.1, 0.15) is 0 Å². The summed E-state index contributed by atoms with van der Waals surface area (Å²) >= 11 is 0. The molecule has 0 aliphatic carbocycles. The highest BCUT2D eigenvalue weighted by atomic mass is 14.2. The highest BCUT2D eigenvalue weighted by molar-refractivity contribution is 4.63. The second-order valence-electron chi connectivity index (χ2n) is 14.5. The minimum absolute atomic E-state index is 0.931. The molecular weight excluding hydrogens is 480 g/mol. The minimum atomic E-state index is 0.931. The van der Waals surface area contributed by atoms with Crippen LogP contribution >= 0.6 is 0 Å². The van der Waals surface area contributed by atoms with Crippen LogP contribution < -0.4 is 0 Å². The van der Waals surface area contributed by atoms with Gasteiger partial charge < -0.3 is 0 Å². The topological polar surface area (TPSA) is 0 Å². The lowest BCUT2D eigenvalue weighted by atomic mass is 9.88. The van der Waals surface area contributed by atoms with E-state index in [-0.39, 0.29) is 0 Å². The molecule has 0 fully saturated rings. The Morgan fingerprint density at radius 2 is 0.475 bits per heavy atom. The van der Waals surface area contributed by atoms with E-state index in [1.165, 1.54) is 205 Å². The molecule has 0 aliphatic heterocycles.